The van der Waals surface area contributed by atoms with E-state index < -0.39 is 10.0 Å². The highest BCUT2D eigenvalue weighted by molar-refractivity contribution is 7.92. The lowest BCUT2D eigenvalue weighted by Crippen LogP contribution is -2.30. The van der Waals surface area contributed by atoms with Gasteiger partial charge in [-0.25, -0.2) is 8.42 Å². The fourth-order valence-corrected chi connectivity index (χ4v) is 4.69. The molecule has 0 heterocycles. The summed E-state index contributed by atoms with van der Waals surface area (Å²) in [7, 11) is -3.83. The van der Waals surface area contributed by atoms with E-state index in [1.807, 2.05) is 42.5 Å². The monoisotopic (exact) mass is 433 g/mol. The van der Waals surface area contributed by atoms with Gasteiger partial charge in [0.2, 0.25) is 0 Å². The van der Waals surface area contributed by atoms with Gasteiger partial charge in [0, 0.05) is 0 Å². The molecule has 0 atom stereocenters. The van der Waals surface area contributed by atoms with Crippen LogP contribution in [0.25, 0.3) is 0 Å². The van der Waals surface area contributed by atoms with Crippen molar-refractivity contribution in [2.24, 2.45) is 0 Å². The molecule has 0 unspecified atom stereocenters. The summed E-state index contributed by atoms with van der Waals surface area (Å²) < 4.78 is 28.2. The van der Waals surface area contributed by atoms with Gasteiger partial charge < -0.3 is 0 Å². The lowest BCUT2D eigenvalue weighted by molar-refractivity contribution is 0.590. The number of para-hydroxylation sites is 1. The van der Waals surface area contributed by atoms with E-state index in [1.165, 1.54) is 28.1 Å². The van der Waals surface area contributed by atoms with E-state index in [0.29, 0.717) is 16.6 Å². The van der Waals surface area contributed by atoms with E-state index in [2.05, 4.69) is 13.8 Å². The molecule has 0 saturated heterocycles. The van der Waals surface area contributed by atoms with E-state index in [0.717, 1.165) is 5.56 Å². The van der Waals surface area contributed by atoms with Gasteiger partial charge in [-0.1, -0.05) is 79.5 Å². The third kappa shape index (κ3) is 4.52. The second kappa shape index (κ2) is 8.56. The van der Waals surface area contributed by atoms with Crippen LogP contribution in [0.1, 0.15) is 30.9 Å². The standard InChI is InChI=1S/C22H21Cl2NO2S/c1-16(2)18-10-8-17(9-11-18)15-25(19-6-4-3-5-7-19)28(26,27)20-12-13-21(23)22(24)14-20/h3-14,16H,15H2,1-2H3. The number of hydrogen-bond donors (Lipinski definition) is 0. The SMILES string of the molecule is CC(C)c1ccc(CN(c2ccccc2)S(=O)(=O)c2ccc(Cl)c(Cl)c2)cc1. The molecule has 3 aromatic carbocycles. The van der Waals surface area contributed by atoms with Crippen LogP contribution in [-0.2, 0) is 16.6 Å². The first-order chi connectivity index (χ1) is 13.3. The van der Waals surface area contributed by atoms with Crippen LogP contribution in [0.15, 0.2) is 77.7 Å². The Hall–Kier alpha value is -2.01. The molecule has 28 heavy (non-hydrogen) atoms. The van der Waals surface area contributed by atoms with Crippen molar-refractivity contribution in [2.75, 3.05) is 4.31 Å². The molecule has 6 heteroatoms. The molecule has 0 aliphatic carbocycles. The van der Waals surface area contributed by atoms with Gasteiger partial charge in [0.15, 0.2) is 0 Å². The number of rotatable bonds is 6. The second-order valence-corrected chi connectivity index (χ2v) is 9.50. The first-order valence-corrected chi connectivity index (χ1v) is 11.1. The number of anilines is 1. The normalized spacial score (nSPS) is 11.6. The summed E-state index contributed by atoms with van der Waals surface area (Å²) in [5, 5.41) is 0.521. The zero-order valence-corrected chi connectivity index (χ0v) is 18.0. The summed E-state index contributed by atoms with van der Waals surface area (Å²) in [5.74, 6) is 0.416. The van der Waals surface area contributed by atoms with Crippen LogP contribution in [-0.4, -0.2) is 8.42 Å². The molecule has 0 aliphatic rings. The highest BCUT2D eigenvalue weighted by Crippen LogP contribution is 2.30. The molecule has 0 N–H and O–H groups in total. The minimum absolute atomic E-state index is 0.101. The van der Waals surface area contributed by atoms with Crippen LogP contribution in [0.2, 0.25) is 10.0 Å². The fourth-order valence-electron chi connectivity index (χ4n) is 2.85. The predicted molar refractivity (Wildman–Crippen MR) is 117 cm³/mol. The van der Waals surface area contributed by atoms with Crippen molar-refractivity contribution in [3.8, 4) is 0 Å². The van der Waals surface area contributed by atoms with Crippen molar-refractivity contribution in [3.63, 3.8) is 0 Å². The molecule has 0 amide bonds. The maximum Gasteiger partial charge on any atom is 0.264 e. The average molecular weight is 434 g/mol. The Bertz CT molecular complexity index is 1050. The van der Waals surface area contributed by atoms with Crippen molar-refractivity contribution < 1.29 is 8.42 Å². The van der Waals surface area contributed by atoms with Gasteiger partial charge >= 0.3 is 0 Å². The molecule has 146 valence electrons. The Morgan fingerprint density at radius 1 is 0.857 bits per heavy atom. The van der Waals surface area contributed by atoms with Gasteiger partial charge in [0.25, 0.3) is 10.0 Å². The van der Waals surface area contributed by atoms with Crippen molar-refractivity contribution in [3.05, 3.63) is 94.0 Å². The number of benzene rings is 3. The minimum atomic E-state index is -3.83. The van der Waals surface area contributed by atoms with Crippen molar-refractivity contribution in [1.82, 2.24) is 0 Å². The molecule has 3 aromatic rings. The average Bonchev–Trinajstić information content (AvgIpc) is 2.69. The Labute approximate surface area is 176 Å². The van der Waals surface area contributed by atoms with Crippen molar-refractivity contribution in [2.45, 2.75) is 31.2 Å². The van der Waals surface area contributed by atoms with E-state index in [9.17, 15) is 8.42 Å². The van der Waals surface area contributed by atoms with Crippen molar-refractivity contribution >= 4 is 38.9 Å². The predicted octanol–water partition coefficient (Wildman–Crippen LogP) is 6.51. The number of hydrogen-bond acceptors (Lipinski definition) is 2. The van der Waals surface area contributed by atoms with Gasteiger partial charge in [-0.3, -0.25) is 4.31 Å². The molecule has 0 spiro atoms. The Morgan fingerprint density at radius 2 is 1.50 bits per heavy atom. The summed E-state index contributed by atoms with van der Waals surface area (Å²) in [4.78, 5) is 0.101. The summed E-state index contributed by atoms with van der Waals surface area (Å²) in [6.45, 7) is 4.46. The van der Waals surface area contributed by atoms with Gasteiger partial charge in [0.05, 0.1) is 27.2 Å². The summed E-state index contributed by atoms with van der Waals surface area (Å²) in [6.07, 6.45) is 0. The molecular weight excluding hydrogens is 413 g/mol. The maximum atomic E-state index is 13.4. The number of halogens is 2. The summed E-state index contributed by atoms with van der Waals surface area (Å²) in [5.41, 5.74) is 2.70. The largest absolute Gasteiger partial charge is 0.264 e. The molecule has 0 radical (unpaired) electrons. The third-order valence-corrected chi connectivity index (χ3v) is 7.00. The highest BCUT2D eigenvalue weighted by atomic mass is 35.5. The smallest absolute Gasteiger partial charge is 0.262 e. The maximum absolute atomic E-state index is 13.4. The Kier molecular flexibility index (Phi) is 6.33. The first-order valence-electron chi connectivity index (χ1n) is 8.90. The van der Waals surface area contributed by atoms with Crippen LogP contribution >= 0.6 is 23.2 Å². The molecule has 3 nitrogen and oxygen atoms in total. The quantitative estimate of drug-likeness (QED) is 0.443. The van der Waals surface area contributed by atoms with Gasteiger partial charge in [-0.05, 0) is 47.4 Å². The fraction of sp³-hybridized carbons (Fsp3) is 0.182. The minimum Gasteiger partial charge on any atom is -0.262 e. The van der Waals surface area contributed by atoms with Crippen LogP contribution in [0.5, 0.6) is 0 Å². The van der Waals surface area contributed by atoms with E-state index in [1.54, 1.807) is 12.1 Å². The van der Waals surface area contributed by atoms with E-state index in [-0.39, 0.29) is 16.5 Å². The molecule has 0 aliphatic heterocycles. The molecule has 0 saturated carbocycles. The van der Waals surface area contributed by atoms with Gasteiger partial charge in [-0.15, -0.1) is 0 Å². The second-order valence-electron chi connectivity index (χ2n) is 6.82. The zero-order valence-electron chi connectivity index (χ0n) is 15.6. The van der Waals surface area contributed by atoms with Crippen LogP contribution in [0, 0.1) is 0 Å². The van der Waals surface area contributed by atoms with E-state index in [4.69, 9.17) is 23.2 Å². The molecule has 3 rings (SSSR count). The molecular formula is C22H21Cl2NO2S. The Balaban J connectivity index is 2.03. The lowest BCUT2D eigenvalue weighted by Gasteiger charge is -2.25. The summed E-state index contributed by atoms with van der Waals surface area (Å²) >= 11 is 12.0. The molecule has 0 bridgehead atoms. The molecule has 0 aromatic heterocycles. The molecule has 0 fully saturated rings. The summed E-state index contributed by atoms with van der Waals surface area (Å²) in [6, 6.07) is 21.4. The topological polar surface area (TPSA) is 37.4 Å². The Morgan fingerprint density at radius 3 is 2.07 bits per heavy atom. The first kappa shape index (κ1) is 20.7. The van der Waals surface area contributed by atoms with E-state index >= 15 is 0 Å². The number of nitrogens with zero attached hydrogens (tertiary/aromatic N) is 1. The third-order valence-electron chi connectivity index (χ3n) is 4.50. The highest BCUT2D eigenvalue weighted by Gasteiger charge is 2.26. The van der Waals surface area contributed by atoms with Gasteiger partial charge in [0.1, 0.15) is 0 Å². The van der Waals surface area contributed by atoms with Gasteiger partial charge in [-0.2, -0.15) is 0 Å². The number of sulfonamides is 1. The van der Waals surface area contributed by atoms with Crippen LogP contribution < -0.4 is 4.31 Å². The van der Waals surface area contributed by atoms with Crippen LogP contribution in [0.3, 0.4) is 0 Å². The van der Waals surface area contributed by atoms with Crippen molar-refractivity contribution in [1.29, 1.82) is 0 Å². The van der Waals surface area contributed by atoms with Crippen LogP contribution in [0.4, 0.5) is 5.69 Å². The lowest BCUT2D eigenvalue weighted by atomic mass is 10.0. The zero-order chi connectivity index (χ0) is 20.3.